The quantitative estimate of drug-likeness (QED) is 0.587. The number of anilines is 1. The van der Waals surface area contributed by atoms with Gasteiger partial charge in [-0.15, -0.1) is 0 Å². The summed E-state index contributed by atoms with van der Waals surface area (Å²) < 4.78 is 44.0. The lowest BCUT2D eigenvalue weighted by Crippen LogP contribution is -2.48. The Hall–Kier alpha value is -3.20. The summed E-state index contributed by atoms with van der Waals surface area (Å²) in [5.74, 6) is -0.994. The number of carbonyl (C=O) groups is 1. The van der Waals surface area contributed by atoms with E-state index in [-0.39, 0.29) is 16.2 Å². The number of allylic oxidation sites excluding steroid dienone is 1. The van der Waals surface area contributed by atoms with Gasteiger partial charge in [-0.2, -0.15) is 0 Å². The molecule has 30 heavy (non-hydrogen) atoms. The van der Waals surface area contributed by atoms with Crippen LogP contribution in [0.4, 0.5) is 14.5 Å². The topological polar surface area (TPSA) is 60.0 Å². The Morgan fingerprint density at radius 1 is 1.17 bits per heavy atom. The maximum Gasteiger partial charge on any atom is 0.337 e. The molecule has 4 rings (SSSR count). The molecule has 156 valence electrons. The molecule has 0 spiro atoms. The number of benzene rings is 2. The van der Waals surface area contributed by atoms with Gasteiger partial charge < -0.3 is 19.5 Å². The molecule has 0 unspecified atom stereocenters. The fraction of sp³-hybridized carbons (Fsp3) is 0.238. The van der Waals surface area contributed by atoms with E-state index in [1.54, 1.807) is 30.0 Å². The third-order valence-corrected chi connectivity index (χ3v) is 5.25. The van der Waals surface area contributed by atoms with E-state index in [1.165, 1.54) is 13.2 Å². The monoisotopic (exact) mass is 432 g/mol. The first-order valence-electron chi connectivity index (χ1n) is 9.15. The van der Waals surface area contributed by atoms with Crippen molar-refractivity contribution >= 4 is 29.0 Å². The van der Waals surface area contributed by atoms with E-state index in [2.05, 4.69) is 5.32 Å². The molecule has 0 radical (unpaired) electrons. The van der Waals surface area contributed by atoms with Crippen LogP contribution in [0, 0.1) is 11.6 Å². The second kappa shape index (κ2) is 7.91. The number of nitrogens with zero attached hydrogens (tertiary/aromatic N) is 1. The number of ether oxygens (including phenoxy) is 3. The highest BCUT2D eigenvalue weighted by molar-refractivity contribution is 7.80. The van der Waals surface area contributed by atoms with Crippen molar-refractivity contribution in [3.63, 3.8) is 0 Å². The lowest BCUT2D eigenvalue weighted by molar-refractivity contribution is -0.136. The Kier molecular flexibility index (Phi) is 5.29. The van der Waals surface area contributed by atoms with Crippen LogP contribution in [0.5, 0.6) is 11.5 Å². The summed E-state index contributed by atoms with van der Waals surface area (Å²) in [6.45, 7) is 2.57. The molecule has 2 aliphatic heterocycles. The van der Waals surface area contributed by atoms with Crippen molar-refractivity contribution in [3.8, 4) is 11.5 Å². The maximum atomic E-state index is 14.5. The molecule has 2 aliphatic rings. The summed E-state index contributed by atoms with van der Waals surface area (Å²) in [7, 11) is 1.24. The minimum absolute atomic E-state index is 0.0836. The van der Waals surface area contributed by atoms with Gasteiger partial charge in [0, 0.05) is 23.4 Å². The summed E-state index contributed by atoms with van der Waals surface area (Å²) >= 11 is 5.52. The fourth-order valence-electron chi connectivity index (χ4n) is 3.57. The van der Waals surface area contributed by atoms with E-state index in [9.17, 15) is 13.6 Å². The van der Waals surface area contributed by atoms with Crippen LogP contribution >= 0.6 is 12.2 Å². The molecule has 0 bridgehead atoms. The van der Waals surface area contributed by atoms with Gasteiger partial charge in [0.15, 0.2) is 16.6 Å². The van der Waals surface area contributed by atoms with Crippen molar-refractivity contribution < 1.29 is 27.8 Å². The minimum atomic E-state index is -0.931. The number of fused-ring (bicyclic) bond motifs is 1. The van der Waals surface area contributed by atoms with Crippen LogP contribution in [-0.4, -0.2) is 31.4 Å². The summed E-state index contributed by atoms with van der Waals surface area (Å²) in [5, 5.41) is 3.22. The predicted molar refractivity (Wildman–Crippen MR) is 109 cm³/mol. The van der Waals surface area contributed by atoms with E-state index < -0.39 is 23.6 Å². The Balaban J connectivity index is 1.82. The number of rotatable bonds is 3. The van der Waals surface area contributed by atoms with Gasteiger partial charge in [-0.3, -0.25) is 4.90 Å². The molecule has 2 heterocycles. The summed E-state index contributed by atoms with van der Waals surface area (Å²) in [6, 6.07) is 7.51. The van der Waals surface area contributed by atoms with Crippen molar-refractivity contribution in [3.05, 3.63) is 64.9 Å². The first kappa shape index (κ1) is 20.1. The molecule has 0 fully saturated rings. The van der Waals surface area contributed by atoms with Gasteiger partial charge in [0.25, 0.3) is 0 Å². The zero-order chi connectivity index (χ0) is 21.4. The van der Waals surface area contributed by atoms with Crippen molar-refractivity contribution in [2.45, 2.75) is 13.0 Å². The second-order valence-electron chi connectivity index (χ2n) is 6.70. The number of hydrogen-bond acceptors (Lipinski definition) is 5. The molecule has 1 N–H and O–H groups in total. The number of nitrogens with one attached hydrogen (secondary N) is 1. The minimum Gasteiger partial charge on any atom is -0.486 e. The number of thiocarbonyl (C=S) groups is 1. The smallest absolute Gasteiger partial charge is 0.337 e. The Bertz CT molecular complexity index is 1070. The average molecular weight is 432 g/mol. The van der Waals surface area contributed by atoms with E-state index in [0.29, 0.717) is 36.1 Å². The number of hydrogen-bond donors (Lipinski definition) is 1. The van der Waals surface area contributed by atoms with E-state index >= 15 is 0 Å². The Labute approximate surface area is 177 Å². The molecule has 6 nitrogen and oxygen atoms in total. The van der Waals surface area contributed by atoms with E-state index in [1.807, 2.05) is 0 Å². The number of methoxy groups -OCH3 is 1. The molecule has 0 aromatic heterocycles. The van der Waals surface area contributed by atoms with Gasteiger partial charge in [0.1, 0.15) is 24.8 Å². The zero-order valence-electron chi connectivity index (χ0n) is 16.2. The summed E-state index contributed by atoms with van der Waals surface area (Å²) in [4.78, 5) is 14.3. The molecule has 2 aromatic carbocycles. The third-order valence-electron chi connectivity index (χ3n) is 4.95. The second-order valence-corrected chi connectivity index (χ2v) is 7.09. The van der Waals surface area contributed by atoms with E-state index in [4.69, 9.17) is 26.4 Å². The number of halogens is 2. The Morgan fingerprint density at radius 3 is 2.60 bits per heavy atom. The van der Waals surface area contributed by atoms with Gasteiger partial charge in [0.05, 0.1) is 24.4 Å². The van der Waals surface area contributed by atoms with Crippen molar-refractivity contribution in [1.29, 1.82) is 0 Å². The van der Waals surface area contributed by atoms with Crippen LogP contribution in [0.25, 0.3) is 0 Å². The SMILES string of the molecule is COC(=O)C1=C(C)N(c2ccc3c(c2)OCCO3)C(=S)N[C@H]1c1ccc(F)cc1F. The van der Waals surface area contributed by atoms with Gasteiger partial charge in [-0.25, -0.2) is 13.6 Å². The predicted octanol–water partition coefficient (Wildman–Crippen LogP) is 3.62. The standard InChI is InChI=1S/C21H18F2N2O4S/c1-11-18(20(26)27-2)19(14-5-3-12(22)9-15(14)23)24-21(30)25(11)13-4-6-16-17(10-13)29-8-7-28-16/h3-6,9-10,19H,7-8H2,1-2H3,(H,24,30)/t19-/m0/s1. The van der Waals surface area contributed by atoms with Crippen LogP contribution in [0.1, 0.15) is 18.5 Å². The van der Waals surface area contributed by atoms with Crippen molar-refractivity contribution in [1.82, 2.24) is 5.32 Å². The number of carbonyl (C=O) groups excluding carboxylic acids is 1. The lowest BCUT2D eigenvalue weighted by Gasteiger charge is -2.37. The fourth-order valence-corrected chi connectivity index (χ4v) is 3.93. The first-order chi connectivity index (χ1) is 14.4. The van der Waals surface area contributed by atoms with Crippen LogP contribution in [-0.2, 0) is 9.53 Å². The normalized spacial score (nSPS) is 18.2. The van der Waals surface area contributed by atoms with Crippen LogP contribution in [0.2, 0.25) is 0 Å². The molecule has 0 saturated carbocycles. The van der Waals surface area contributed by atoms with Gasteiger partial charge >= 0.3 is 5.97 Å². The van der Waals surface area contributed by atoms with Gasteiger partial charge in [-0.1, -0.05) is 6.07 Å². The van der Waals surface area contributed by atoms with Gasteiger partial charge in [0.2, 0.25) is 0 Å². The Morgan fingerprint density at radius 2 is 1.90 bits per heavy atom. The van der Waals surface area contributed by atoms with Gasteiger partial charge in [-0.05, 0) is 37.3 Å². The molecule has 9 heteroatoms. The van der Waals surface area contributed by atoms with E-state index in [0.717, 1.165) is 12.1 Å². The highest BCUT2D eigenvalue weighted by atomic mass is 32.1. The average Bonchev–Trinajstić information content (AvgIpc) is 2.73. The zero-order valence-corrected chi connectivity index (χ0v) is 17.0. The lowest BCUT2D eigenvalue weighted by atomic mass is 9.94. The molecular formula is C21H18F2N2O4S. The van der Waals surface area contributed by atoms with Crippen LogP contribution in [0.3, 0.4) is 0 Å². The first-order valence-corrected chi connectivity index (χ1v) is 9.56. The summed E-state index contributed by atoms with van der Waals surface area (Å²) in [5.41, 5.74) is 1.33. The molecule has 1 atom stereocenters. The van der Waals surface area contributed by atoms with Crippen LogP contribution < -0.4 is 19.7 Å². The molecular weight excluding hydrogens is 414 g/mol. The highest BCUT2D eigenvalue weighted by Crippen LogP contribution is 2.39. The van der Waals surface area contributed by atoms with Crippen LogP contribution in [0.15, 0.2) is 47.7 Å². The largest absolute Gasteiger partial charge is 0.486 e. The maximum absolute atomic E-state index is 14.5. The highest BCUT2D eigenvalue weighted by Gasteiger charge is 2.36. The molecule has 2 aromatic rings. The molecule has 0 saturated heterocycles. The molecule has 0 amide bonds. The number of esters is 1. The third kappa shape index (κ3) is 3.45. The van der Waals surface area contributed by atoms with Crippen molar-refractivity contribution in [2.75, 3.05) is 25.2 Å². The van der Waals surface area contributed by atoms with Crippen molar-refractivity contribution in [2.24, 2.45) is 0 Å². The summed E-state index contributed by atoms with van der Waals surface area (Å²) in [6.07, 6.45) is 0. The molecule has 0 aliphatic carbocycles.